The Morgan fingerprint density at radius 1 is 1.24 bits per heavy atom. The number of aliphatic carboxylic acids is 1. The highest BCUT2D eigenvalue weighted by Crippen LogP contribution is 2.89. The Bertz CT molecular complexity index is 1200. The van der Waals surface area contributed by atoms with E-state index in [9.17, 15) is 14.7 Å². The Balaban J connectivity index is 1.27. The summed E-state index contributed by atoms with van der Waals surface area (Å²) in [5, 5.41) is 10.7. The highest BCUT2D eigenvalue weighted by Gasteiger charge is 2.89. The normalized spacial score (nSPS) is 40.0. The van der Waals surface area contributed by atoms with E-state index in [1.807, 2.05) is 11.1 Å². The molecule has 4 saturated carbocycles. The molecule has 1 aliphatic heterocycles. The number of rotatable bonds is 7. The summed E-state index contributed by atoms with van der Waals surface area (Å²) in [5.74, 6) is 0.968. The fourth-order valence-corrected chi connectivity index (χ4v) is 8.65. The number of carbonyl (C=O) groups excluding carboxylic acids is 1. The third-order valence-electron chi connectivity index (χ3n) is 11.2. The zero-order chi connectivity index (χ0) is 26.5. The van der Waals surface area contributed by atoms with Crippen molar-refractivity contribution in [3.8, 4) is 0 Å². The van der Waals surface area contributed by atoms with Crippen LogP contribution in [-0.2, 0) is 19.7 Å². The van der Waals surface area contributed by atoms with Gasteiger partial charge in [0, 0.05) is 42.8 Å². The fourth-order valence-electron chi connectivity index (χ4n) is 8.32. The highest BCUT2D eigenvalue weighted by molar-refractivity contribution is 6.31. The second kappa shape index (κ2) is 8.08. The summed E-state index contributed by atoms with van der Waals surface area (Å²) < 4.78 is 5.45. The van der Waals surface area contributed by atoms with Gasteiger partial charge in [0.25, 0.3) is 0 Å². The van der Waals surface area contributed by atoms with Gasteiger partial charge in [-0.15, -0.1) is 0 Å². The molecule has 5 nitrogen and oxygen atoms in total. The lowest BCUT2D eigenvalue weighted by atomic mass is 9.61. The van der Waals surface area contributed by atoms with Crippen molar-refractivity contribution >= 4 is 23.5 Å². The van der Waals surface area contributed by atoms with Crippen LogP contribution < -0.4 is 0 Å². The predicted molar refractivity (Wildman–Crippen MR) is 143 cm³/mol. The molecule has 1 aromatic carbocycles. The Morgan fingerprint density at radius 2 is 1.97 bits per heavy atom. The predicted octanol–water partition coefficient (Wildman–Crippen LogP) is 6.54. The van der Waals surface area contributed by atoms with E-state index in [0.29, 0.717) is 36.7 Å². The van der Waals surface area contributed by atoms with Crippen LogP contribution in [0.1, 0.15) is 89.7 Å². The molecule has 1 amide bonds. The number of benzene rings is 1. The monoisotopic (exact) mass is 525 g/mol. The van der Waals surface area contributed by atoms with Crippen molar-refractivity contribution in [2.24, 2.45) is 28.1 Å². The first-order chi connectivity index (χ1) is 17.4. The molecule has 1 spiro atoms. The summed E-state index contributed by atoms with van der Waals surface area (Å²) in [5.41, 5.74) is 2.69. The van der Waals surface area contributed by atoms with Crippen LogP contribution >= 0.6 is 11.6 Å². The van der Waals surface area contributed by atoms with E-state index < -0.39 is 16.8 Å². The largest absolute Gasteiger partial charge is 0.481 e. The summed E-state index contributed by atoms with van der Waals surface area (Å²) in [4.78, 5) is 27.6. The van der Waals surface area contributed by atoms with E-state index in [-0.39, 0.29) is 17.4 Å². The van der Waals surface area contributed by atoms with Gasteiger partial charge in [0.2, 0.25) is 5.91 Å². The second-order valence-electron chi connectivity index (χ2n) is 14.0. The fraction of sp³-hybridized carbons (Fsp3) is 0.677. The van der Waals surface area contributed by atoms with Crippen molar-refractivity contribution in [3.05, 3.63) is 46.1 Å². The Morgan fingerprint density at radius 3 is 2.57 bits per heavy atom. The molecule has 6 heteroatoms. The average molecular weight is 526 g/mol. The molecule has 1 aromatic rings. The number of methoxy groups -OCH3 is 1. The van der Waals surface area contributed by atoms with Crippen LogP contribution in [0.5, 0.6) is 0 Å². The van der Waals surface area contributed by atoms with Gasteiger partial charge >= 0.3 is 5.97 Å². The topological polar surface area (TPSA) is 66.8 Å². The zero-order valence-electron chi connectivity index (χ0n) is 22.8. The van der Waals surface area contributed by atoms with Crippen molar-refractivity contribution in [2.45, 2.75) is 90.0 Å². The Kier molecular flexibility index (Phi) is 5.55. The lowest BCUT2D eigenvalue weighted by Crippen LogP contribution is -2.46. The molecule has 1 N–H and O–H groups in total. The molecular formula is C31H40ClNO4. The highest BCUT2D eigenvalue weighted by atomic mass is 35.5. The summed E-state index contributed by atoms with van der Waals surface area (Å²) >= 11 is 6.90. The van der Waals surface area contributed by atoms with Crippen LogP contribution in [0.25, 0.3) is 0 Å². The number of hydrogen-bond donors (Lipinski definition) is 1. The molecule has 4 unspecified atom stereocenters. The van der Waals surface area contributed by atoms with Gasteiger partial charge in [0.15, 0.2) is 0 Å². The molecule has 0 radical (unpaired) electrons. The SMILES string of the molecule is COCCC1=CN(C2CC3(C(=O)O)CC34CC24)C(=O)C[C@@]1(C)c1ccc(C2CC(C(C)(C)C)C2)c(Cl)c1. The molecule has 0 aromatic heterocycles. The number of carboxylic acid groups (broad SMARTS) is 1. The number of amides is 1. The maximum absolute atomic E-state index is 13.7. The number of halogens is 1. The van der Waals surface area contributed by atoms with Gasteiger partial charge in [-0.05, 0) is 89.9 Å². The van der Waals surface area contributed by atoms with Gasteiger partial charge in [0.1, 0.15) is 0 Å². The molecular weight excluding hydrogens is 486 g/mol. The molecule has 37 heavy (non-hydrogen) atoms. The number of nitrogens with zero attached hydrogens (tertiary/aromatic N) is 1. The Hall–Kier alpha value is -1.85. The van der Waals surface area contributed by atoms with E-state index in [4.69, 9.17) is 16.3 Å². The number of carboxylic acids is 1. The maximum Gasteiger partial charge on any atom is 0.310 e. The van der Waals surface area contributed by atoms with E-state index in [1.54, 1.807) is 7.11 Å². The zero-order valence-corrected chi connectivity index (χ0v) is 23.5. The van der Waals surface area contributed by atoms with E-state index in [0.717, 1.165) is 41.3 Å². The third-order valence-corrected chi connectivity index (χ3v) is 11.5. The second-order valence-corrected chi connectivity index (χ2v) is 14.4. The minimum atomic E-state index is -0.676. The third kappa shape index (κ3) is 3.59. The van der Waals surface area contributed by atoms with Gasteiger partial charge < -0.3 is 14.7 Å². The van der Waals surface area contributed by atoms with Crippen LogP contribution in [-0.4, -0.2) is 41.6 Å². The van der Waals surface area contributed by atoms with Crippen molar-refractivity contribution in [3.63, 3.8) is 0 Å². The first-order valence-corrected chi connectivity index (χ1v) is 14.3. The summed E-state index contributed by atoms with van der Waals surface area (Å²) in [6, 6.07) is 6.45. The molecule has 0 bridgehead atoms. The molecule has 200 valence electrons. The standard InChI is InChI=1S/C31H40ClNO4/c1-28(2,3)21-10-18(11-21)22-7-6-19(12-24(22)32)29(4)15-26(34)33(16-20(29)8-9-37-5)25-14-31(27(35)36)17-30(31)13-23(25)30/h6-7,12,16,18,21,23,25H,8-11,13-15,17H2,1-5H3,(H,35,36)/t18?,21?,23?,25?,29-,30?,31?/m0/s1. The average Bonchev–Trinajstić information content (AvgIpc) is 3.65. The van der Waals surface area contributed by atoms with Crippen LogP contribution in [0.4, 0.5) is 0 Å². The van der Waals surface area contributed by atoms with Crippen molar-refractivity contribution in [1.82, 2.24) is 4.90 Å². The molecule has 5 atom stereocenters. The lowest BCUT2D eigenvalue weighted by Gasteiger charge is -2.45. The van der Waals surface area contributed by atoms with Gasteiger partial charge in [-0.3, -0.25) is 9.59 Å². The quantitative estimate of drug-likeness (QED) is 0.438. The van der Waals surface area contributed by atoms with Crippen LogP contribution in [0, 0.1) is 28.1 Å². The van der Waals surface area contributed by atoms with Gasteiger partial charge in [-0.2, -0.15) is 0 Å². The summed E-state index contributed by atoms with van der Waals surface area (Å²) in [7, 11) is 1.70. The smallest absolute Gasteiger partial charge is 0.310 e. The minimum absolute atomic E-state index is 0.000197. The first-order valence-electron chi connectivity index (χ1n) is 13.9. The van der Waals surface area contributed by atoms with E-state index in [2.05, 4.69) is 45.9 Å². The molecule has 4 aliphatic carbocycles. The molecule has 5 aliphatic rings. The number of ether oxygens (including phenoxy) is 1. The van der Waals surface area contributed by atoms with Crippen LogP contribution in [0.3, 0.4) is 0 Å². The Labute approximate surface area is 225 Å². The molecule has 0 saturated heterocycles. The van der Waals surface area contributed by atoms with Gasteiger partial charge in [-0.25, -0.2) is 0 Å². The van der Waals surface area contributed by atoms with Gasteiger partial charge in [0.05, 0.1) is 5.41 Å². The van der Waals surface area contributed by atoms with Crippen LogP contribution in [0.2, 0.25) is 5.02 Å². The summed E-state index contributed by atoms with van der Waals surface area (Å²) in [6.45, 7) is 9.67. The van der Waals surface area contributed by atoms with E-state index in [1.165, 1.54) is 18.4 Å². The number of carbonyl (C=O) groups is 2. The first kappa shape index (κ1) is 25.4. The van der Waals surface area contributed by atoms with Crippen LogP contribution in [0.15, 0.2) is 30.0 Å². The van der Waals surface area contributed by atoms with Crippen molar-refractivity contribution < 1.29 is 19.4 Å². The maximum atomic E-state index is 13.7. The van der Waals surface area contributed by atoms with E-state index >= 15 is 0 Å². The molecule has 6 rings (SSSR count). The molecule has 1 heterocycles. The van der Waals surface area contributed by atoms with Crippen molar-refractivity contribution in [2.75, 3.05) is 13.7 Å². The summed E-state index contributed by atoms with van der Waals surface area (Å²) in [6.07, 6.45) is 7.80. The minimum Gasteiger partial charge on any atom is -0.481 e. The number of hydrogen-bond acceptors (Lipinski definition) is 3. The van der Waals surface area contributed by atoms with Gasteiger partial charge in [-0.1, -0.05) is 51.4 Å². The molecule has 4 fully saturated rings. The van der Waals surface area contributed by atoms with Crippen molar-refractivity contribution in [1.29, 1.82) is 0 Å². The lowest BCUT2D eigenvalue weighted by molar-refractivity contribution is -0.145.